The Labute approximate surface area is 146 Å². The lowest BCUT2D eigenvalue weighted by atomic mass is 10.1. The van der Waals surface area contributed by atoms with Gasteiger partial charge in [-0.3, -0.25) is 4.79 Å². The lowest BCUT2D eigenvalue weighted by Crippen LogP contribution is -2.32. The molecule has 0 unspecified atom stereocenters. The molecule has 0 saturated carbocycles. The molecule has 6 nitrogen and oxygen atoms in total. The second-order valence-electron chi connectivity index (χ2n) is 4.44. The Morgan fingerprint density at radius 2 is 2.13 bits per heavy atom. The van der Waals surface area contributed by atoms with Crippen LogP contribution in [0.4, 0.5) is 9.93 Å². The van der Waals surface area contributed by atoms with Gasteiger partial charge in [0.25, 0.3) is 0 Å². The number of benzene rings is 1. The minimum Gasteiger partial charge on any atom is -0.453 e. The first-order valence-electron chi connectivity index (χ1n) is 6.48. The summed E-state index contributed by atoms with van der Waals surface area (Å²) in [4.78, 5) is 27.6. The monoisotopic (exact) mass is 373 g/mol. The van der Waals surface area contributed by atoms with Gasteiger partial charge in [0, 0.05) is 27.5 Å². The number of ether oxygens (including phenoxy) is 1. The molecule has 0 aliphatic rings. The van der Waals surface area contributed by atoms with E-state index >= 15 is 0 Å². The number of nitrogens with zero attached hydrogens (tertiary/aromatic N) is 1. The van der Waals surface area contributed by atoms with Gasteiger partial charge in [-0.2, -0.15) is 0 Å². The van der Waals surface area contributed by atoms with Gasteiger partial charge in [0.1, 0.15) is 6.54 Å². The molecular weight excluding hydrogens is 361 g/mol. The van der Waals surface area contributed by atoms with Crippen LogP contribution >= 0.6 is 34.5 Å². The summed E-state index contributed by atoms with van der Waals surface area (Å²) < 4.78 is 4.38. The van der Waals surface area contributed by atoms with Gasteiger partial charge < -0.3 is 15.4 Å². The third-order valence-corrected chi connectivity index (χ3v) is 4.27. The van der Waals surface area contributed by atoms with Gasteiger partial charge in [-0.15, -0.1) is 11.3 Å². The number of nitrogens with one attached hydrogen (secondary N) is 2. The highest BCUT2D eigenvalue weighted by molar-refractivity contribution is 7.15. The van der Waals surface area contributed by atoms with Crippen molar-refractivity contribution in [3.05, 3.63) is 44.9 Å². The van der Waals surface area contributed by atoms with Crippen LogP contribution in [0.3, 0.4) is 0 Å². The second-order valence-corrected chi connectivity index (χ2v) is 6.40. The fourth-order valence-electron chi connectivity index (χ4n) is 1.70. The molecular formula is C14H13Cl2N3O3S. The Morgan fingerprint density at radius 3 is 2.87 bits per heavy atom. The number of hydrogen-bond donors (Lipinski definition) is 2. The number of halogens is 2. The Balaban J connectivity index is 1.94. The summed E-state index contributed by atoms with van der Waals surface area (Å²) in [7, 11) is 1.22. The number of thiazole rings is 1. The predicted octanol–water partition coefficient (Wildman–Crippen LogP) is 3.34. The van der Waals surface area contributed by atoms with Crippen molar-refractivity contribution in [2.24, 2.45) is 0 Å². The number of rotatable bonds is 5. The number of aromatic nitrogens is 1. The molecule has 0 aliphatic heterocycles. The van der Waals surface area contributed by atoms with E-state index in [1.54, 1.807) is 24.4 Å². The Morgan fingerprint density at radius 1 is 1.35 bits per heavy atom. The molecule has 2 amide bonds. The molecule has 2 N–H and O–H groups in total. The van der Waals surface area contributed by atoms with Gasteiger partial charge in [0.05, 0.1) is 7.11 Å². The lowest BCUT2D eigenvalue weighted by Gasteiger charge is -2.03. The standard InChI is InChI=1S/C14H13Cl2N3O3S/c1-22-14(21)18-7-12(20)19-13-17-6-10(23-13)5-8-4-9(15)2-3-11(8)16/h2-4,6H,5,7H2,1H3,(H,18,21)(H,17,19,20). The van der Waals surface area contributed by atoms with Crippen LogP contribution in [0.25, 0.3) is 0 Å². The molecule has 0 bridgehead atoms. The zero-order valence-electron chi connectivity index (χ0n) is 12.1. The van der Waals surface area contributed by atoms with Crippen molar-refractivity contribution in [1.82, 2.24) is 10.3 Å². The van der Waals surface area contributed by atoms with Crippen LogP contribution in [0, 0.1) is 0 Å². The van der Waals surface area contributed by atoms with E-state index in [-0.39, 0.29) is 6.54 Å². The van der Waals surface area contributed by atoms with Crippen LogP contribution in [0.1, 0.15) is 10.4 Å². The molecule has 1 aromatic heterocycles. The zero-order valence-corrected chi connectivity index (χ0v) is 14.4. The van der Waals surface area contributed by atoms with Crippen molar-refractivity contribution in [3.63, 3.8) is 0 Å². The quantitative estimate of drug-likeness (QED) is 0.841. The van der Waals surface area contributed by atoms with Crippen molar-refractivity contribution in [2.75, 3.05) is 19.0 Å². The molecule has 122 valence electrons. The fraction of sp³-hybridized carbons (Fsp3) is 0.214. The van der Waals surface area contributed by atoms with Crippen LogP contribution in [0.15, 0.2) is 24.4 Å². The molecule has 1 heterocycles. The van der Waals surface area contributed by atoms with Crippen molar-refractivity contribution in [3.8, 4) is 0 Å². The van der Waals surface area contributed by atoms with E-state index in [1.165, 1.54) is 18.4 Å². The van der Waals surface area contributed by atoms with E-state index < -0.39 is 12.0 Å². The van der Waals surface area contributed by atoms with E-state index in [4.69, 9.17) is 23.2 Å². The van der Waals surface area contributed by atoms with E-state index in [1.807, 2.05) is 0 Å². The molecule has 9 heteroatoms. The summed E-state index contributed by atoms with van der Waals surface area (Å²) in [5.74, 6) is -0.392. The van der Waals surface area contributed by atoms with E-state index in [0.717, 1.165) is 10.4 Å². The molecule has 0 saturated heterocycles. The Hall–Kier alpha value is -1.83. The summed E-state index contributed by atoms with van der Waals surface area (Å²) in [6.07, 6.45) is 1.55. The first kappa shape index (κ1) is 17.5. The first-order valence-corrected chi connectivity index (χ1v) is 8.05. The van der Waals surface area contributed by atoms with Crippen molar-refractivity contribution < 1.29 is 14.3 Å². The average Bonchev–Trinajstić information content (AvgIpc) is 2.95. The summed E-state index contributed by atoms with van der Waals surface area (Å²) >= 11 is 13.4. The summed E-state index contributed by atoms with van der Waals surface area (Å²) in [5, 5.41) is 6.55. The molecule has 0 radical (unpaired) electrons. The summed E-state index contributed by atoms with van der Waals surface area (Å²) in [6, 6.07) is 5.25. The largest absolute Gasteiger partial charge is 0.453 e. The number of carbonyl (C=O) groups is 2. The Kier molecular flexibility index (Phi) is 6.20. The predicted molar refractivity (Wildman–Crippen MR) is 90.4 cm³/mol. The van der Waals surface area contributed by atoms with Gasteiger partial charge >= 0.3 is 6.09 Å². The summed E-state index contributed by atoms with van der Waals surface area (Å²) in [5.41, 5.74) is 0.882. The number of methoxy groups -OCH3 is 1. The number of anilines is 1. The first-order chi connectivity index (χ1) is 11.0. The molecule has 0 atom stereocenters. The number of hydrogen-bond acceptors (Lipinski definition) is 5. The van der Waals surface area contributed by atoms with Crippen LogP contribution in [0.2, 0.25) is 10.0 Å². The van der Waals surface area contributed by atoms with Gasteiger partial charge in [-0.25, -0.2) is 9.78 Å². The lowest BCUT2D eigenvalue weighted by molar-refractivity contribution is -0.115. The van der Waals surface area contributed by atoms with Crippen molar-refractivity contribution >= 4 is 51.7 Å². The maximum Gasteiger partial charge on any atom is 0.407 e. The zero-order chi connectivity index (χ0) is 16.8. The molecule has 23 heavy (non-hydrogen) atoms. The van der Waals surface area contributed by atoms with Crippen LogP contribution in [-0.4, -0.2) is 30.6 Å². The highest BCUT2D eigenvalue weighted by Gasteiger charge is 2.10. The van der Waals surface area contributed by atoms with Crippen LogP contribution < -0.4 is 10.6 Å². The van der Waals surface area contributed by atoms with Crippen LogP contribution in [-0.2, 0) is 16.0 Å². The average molecular weight is 374 g/mol. The summed E-state index contributed by atoms with van der Waals surface area (Å²) in [6.45, 7) is -0.193. The SMILES string of the molecule is COC(=O)NCC(=O)Nc1ncc(Cc2cc(Cl)ccc2Cl)s1. The maximum atomic E-state index is 11.6. The fourth-order valence-corrected chi connectivity index (χ4v) is 2.93. The van der Waals surface area contributed by atoms with Gasteiger partial charge in [-0.05, 0) is 23.8 Å². The van der Waals surface area contributed by atoms with Crippen molar-refractivity contribution in [1.29, 1.82) is 0 Å². The minimum atomic E-state index is -0.671. The molecule has 0 aliphatic carbocycles. The smallest absolute Gasteiger partial charge is 0.407 e. The normalized spacial score (nSPS) is 10.2. The third-order valence-electron chi connectivity index (χ3n) is 2.75. The maximum absolute atomic E-state index is 11.6. The number of alkyl carbamates (subject to hydrolysis) is 1. The van der Waals surface area contributed by atoms with Crippen LogP contribution in [0.5, 0.6) is 0 Å². The van der Waals surface area contributed by atoms with Gasteiger partial charge in [-0.1, -0.05) is 23.2 Å². The van der Waals surface area contributed by atoms with E-state index in [0.29, 0.717) is 21.6 Å². The molecule has 0 spiro atoms. The van der Waals surface area contributed by atoms with Crippen molar-refractivity contribution in [2.45, 2.75) is 6.42 Å². The second kappa shape index (κ2) is 8.14. The number of carbonyl (C=O) groups excluding carboxylic acids is 2. The highest BCUT2D eigenvalue weighted by atomic mass is 35.5. The van der Waals surface area contributed by atoms with Gasteiger partial charge in [0.2, 0.25) is 5.91 Å². The Bertz CT molecular complexity index is 721. The highest BCUT2D eigenvalue weighted by Crippen LogP contribution is 2.26. The van der Waals surface area contributed by atoms with Gasteiger partial charge in [0.15, 0.2) is 5.13 Å². The van der Waals surface area contributed by atoms with E-state index in [9.17, 15) is 9.59 Å². The molecule has 2 aromatic rings. The molecule has 0 fully saturated rings. The topological polar surface area (TPSA) is 80.3 Å². The number of amides is 2. The van der Waals surface area contributed by atoms with E-state index in [2.05, 4.69) is 20.4 Å². The molecule has 2 rings (SSSR count). The third kappa shape index (κ3) is 5.38. The molecule has 1 aromatic carbocycles. The minimum absolute atomic E-state index is 0.193.